The number of thiocarbonyl (C=S) groups is 1. The maximum Gasteiger partial charge on any atom is 0.275 e. The number of rotatable bonds is 1. The SMILES string of the molecule is Cc1ccc2c(c1)NC(=O)C2=NC(=S)N1C(=O)CSC1(C)c1ccc(Br)cc1. The topological polar surface area (TPSA) is 61.8 Å². The van der Waals surface area contributed by atoms with E-state index in [-0.39, 0.29) is 22.6 Å². The van der Waals surface area contributed by atoms with Gasteiger partial charge in [-0.15, -0.1) is 11.8 Å². The molecule has 142 valence electrons. The van der Waals surface area contributed by atoms with Crippen molar-refractivity contribution in [1.29, 1.82) is 0 Å². The summed E-state index contributed by atoms with van der Waals surface area (Å²) in [4.78, 5) is 30.3. The Kier molecular flexibility index (Phi) is 4.89. The van der Waals surface area contributed by atoms with E-state index in [0.29, 0.717) is 17.0 Å². The normalized spacial score (nSPS) is 22.5. The maximum absolute atomic E-state index is 12.7. The number of aryl methyl sites for hydroxylation is 1. The predicted molar refractivity (Wildman–Crippen MR) is 120 cm³/mol. The van der Waals surface area contributed by atoms with Crippen molar-refractivity contribution in [3.05, 3.63) is 63.6 Å². The molecule has 28 heavy (non-hydrogen) atoms. The van der Waals surface area contributed by atoms with Crippen LogP contribution in [0.15, 0.2) is 51.9 Å². The number of hydrogen-bond acceptors (Lipinski definition) is 4. The van der Waals surface area contributed by atoms with Crippen LogP contribution in [-0.4, -0.2) is 33.3 Å². The molecule has 0 aromatic heterocycles. The number of aliphatic imine (C=N–C) groups is 1. The number of halogens is 1. The van der Waals surface area contributed by atoms with Crippen LogP contribution in [0.1, 0.15) is 23.6 Å². The number of thioether (sulfide) groups is 1. The molecule has 1 unspecified atom stereocenters. The molecule has 1 fully saturated rings. The molecule has 1 N–H and O–H groups in total. The molecule has 0 bridgehead atoms. The summed E-state index contributed by atoms with van der Waals surface area (Å²) in [6, 6.07) is 13.4. The molecule has 2 aromatic carbocycles. The number of amides is 2. The lowest BCUT2D eigenvalue weighted by Crippen LogP contribution is -2.43. The third kappa shape index (κ3) is 3.19. The van der Waals surface area contributed by atoms with Gasteiger partial charge >= 0.3 is 0 Å². The quantitative estimate of drug-likeness (QED) is 0.629. The van der Waals surface area contributed by atoms with Gasteiger partial charge in [-0.05, 0) is 55.4 Å². The van der Waals surface area contributed by atoms with Crippen LogP contribution in [0.3, 0.4) is 0 Å². The van der Waals surface area contributed by atoms with Crippen LogP contribution in [0.25, 0.3) is 0 Å². The molecule has 2 aliphatic heterocycles. The largest absolute Gasteiger partial charge is 0.320 e. The molecule has 2 heterocycles. The van der Waals surface area contributed by atoms with Crippen molar-refractivity contribution in [2.45, 2.75) is 18.7 Å². The predicted octanol–water partition coefficient (Wildman–Crippen LogP) is 4.23. The summed E-state index contributed by atoms with van der Waals surface area (Å²) < 4.78 is 0.957. The van der Waals surface area contributed by atoms with E-state index in [0.717, 1.165) is 15.6 Å². The number of benzene rings is 2. The van der Waals surface area contributed by atoms with Gasteiger partial charge in [0, 0.05) is 10.0 Å². The van der Waals surface area contributed by atoms with E-state index in [9.17, 15) is 9.59 Å². The first-order chi connectivity index (χ1) is 13.3. The van der Waals surface area contributed by atoms with E-state index in [1.807, 2.05) is 56.3 Å². The fourth-order valence-corrected chi connectivity index (χ4v) is 5.21. The second-order valence-electron chi connectivity index (χ2n) is 6.75. The Morgan fingerprint density at radius 2 is 1.96 bits per heavy atom. The summed E-state index contributed by atoms with van der Waals surface area (Å²) in [7, 11) is 0. The first kappa shape index (κ1) is 19.3. The van der Waals surface area contributed by atoms with Gasteiger partial charge in [-0.25, -0.2) is 4.99 Å². The number of carbonyl (C=O) groups excluding carboxylic acids is 2. The Bertz CT molecular complexity index is 1050. The molecule has 5 nitrogen and oxygen atoms in total. The van der Waals surface area contributed by atoms with Crippen molar-refractivity contribution in [3.63, 3.8) is 0 Å². The van der Waals surface area contributed by atoms with E-state index in [2.05, 4.69) is 26.2 Å². The Hall–Kier alpha value is -2.03. The number of carbonyl (C=O) groups is 2. The standard InChI is InChI=1S/C20H16BrN3O2S2/c1-11-3-8-14-15(9-11)22-18(26)17(14)23-19(27)24-16(25)10-28-20(24,2)12-4-6-13(21)7-5-12/h3-9H,10H2,1-2H3,(H,22,23,26,27). The van der Waals surface area contributed by atoms with E-state index >= 15 is 0 Å². The highest BCUT2D eigenvalue weighted by molar-refractivity contribution is 9.10. The van der Waals surface area contributed by atoms with Crippen LogP contribution in [0.2, 0.25) is 0 Å². The average molecular weight is 474 g/mol. The zero-order valence-electron chi connectivity index (χ0n) is 15.2. The third-order valence-electron chi connectivity index (χ3n) is 4.82. The Labute approximate surface area is 180 Å². The van der Waals surface area contributed by atoms with Gasteiger partial charge in [0.2, 0.25) is 11.0 Å². The first-order valence-electron chi connectivity index (χ1n) is 8.58. The van der Waals surface area contributed by atoms with Crippen LogP contribution < -0.4 is 5.32 Å². The number of hydrogen-bond donors (Lipinski definition) is 1. The highest BCUT2D eigenvalue weighted by Gasteiger charge is 2.46. The molecule has 0 saturated carbocycles. The fourth-order valence-electron chi connectivity index (χ4n) is 3.36. The van der Waals surface area contributed by atoms with Gasteiger partial charge in [0.15, 0.2) is 0 Å². The molecule has 2 aromatic rings. The van der Waals surface area contributed by atoms with Crippen LogP contribution in [0, 0.1) is 6.92 Å². The zero-order valence-corrected chi connectivity index (χ0v) is 18.4. The molecule has 2 aliphatic rings. The lowest BCUT2D eigenvalue weighted by atomic mass is 10.1. The molecule has 1 saturated heterocycles. The minimum atomic E-state index is -0.676. The molecule has 0 radical (unpaired) electrons. The smallest absolute Gasteiger partial charge is 0.275 e. The van der Waals surface area contributed by atoms with Gasteiger partial charge in [0.1, 0.15) is 10.6 Å². The minimum Gasteiger partial charge on any atom is -0.320 e. The van der Waals surface area contributed by atoms with E-state index in [1.54, 1.807) is 0 Å². The Morgan fingerprint density at radius 3 is 2.68 bits per heavy atom. The van der Waals surface area contributed by atoms with Crippen LogP contribution in [-0.2, 0) is 14.5 Å². The van der Waals surface area contributed by atoms with E-state index in [4.69, 9.17) is 12.2 Å². The highest BCUT2D eigenvalue weighted by atomic mass is 79.9. The lowest BCUT2D eigenvalue weighted by Gasteiger charge is -2.33. The van der Waals surface area contributed by atoms with Crippen LogP contribution >= 0.6 is 39.9 Å². The summed E-state index contributed by atoms with van der Waals surface area (Å²) in [5.41, 5.74) is 3.63. The van der Waals surface area contributed by atoms with Crippen molar-refractivity contribution in [2.24, 2.45) is 4.99 Å². The lowest BCUT2D eigenvalue weighted by molar-refractivity contribution is -0.125. The molecule has 0 spiro atoms. The van der Waals surface area contributed by atoms with Crippen molar-refractivity contribution in [2.75, 3.05) is 11.1 Å². The number of fused-ring (bicyclic) bond motifs is 1. The fraction of sp³-hybridized carbons (Fsp3) is 0.200. The first-order valence-corrected chi connectivity index (χ1v) is 10.8. The Balaban J connectivity index is 1.72. The molecule has 2 amide bonds. The van der Waals surface area contributed by atoms with Crippen molar-refractivity contribution < 1.29 is 9.59 Å². The summed E-state index contributed by atoms with van der Waals surface area (Å²) in [6.45, 7) is 3.90. The van der Waals surface area contributed by atoms with Gasteiger partial charge in [-0.3, -0.25) is 14.5 Å². The molecule has 1 atom stereocenters. The monoisotopic (exact) mass is 473 g/mol. The Morgan fingerprint density at radius 1 is 1.25 bits per heavy atom. The van der Waals surface area contributed by atoms with Gasteiger partial charge in [0.25, 0.3) is 5.91 Å². The second kappa shape index (κ2) is 7.09. The van der Waals surface area contributed by atoms with E-state index < -0.39 is 4.87 Å². The number of nitrogens with one attached hydrogen (secondary N) is 1. The molecular weight excluding hydrogens is 458 g/mol. The van der Waals surface area contributed by atoms with Crippen molar-refractivity contribution >= 4 is 68.2 Å². The molecule has 4 rings (SSSR count). The number of nitrogens with zero attached hydrogens (tertiary/aromatic N) is 2. The second-order valence-corrected chi connectivity index (χ2v) is 9.41. The summed E-state index contributed by atoms with van der Waals surface area (Å²) in [5.74, 6) is -0.126. The van der Waals surface area contributed by atoms with Crippen LogP contribution in [0.4, 0.5) is 5.69 Å². The molecule has 0 aliphatic carbocycles. The van der Waals surface area contributed by atoms with Gasteiger partial charge in [0.05, 0.1) is 11.4 Å². The summed E-state index contributed by atoms with van der Waals surface area (Å²) in [5, 5.41) is 2.91. The van der Waals surface area contributed by atoms with Gasteiger partial charge in [-0.1, -0.05) is 40.2 Å². The maximum atomic E-state index is 12.7. The average Bonchev–Trinajstić information content (AvgIpc) is 3.12. The van der Waals surface area contributed by atoms with Gasteiger partial charge in [-0.2, -0.15) is 0 Å². The molecular formula is C20H16BrN3O2S2. The summed E-state index contributed by atoms with van der Waals surface area (Å²) in [6.07, 6.45) is 0. The van der Waals surface area contributed by atoms with Crippen molar-refractivity contribution in [1.82, 2.24) is 4.90 Å². The molecule has 8 heteroatoms. The van der Waals surface area contributed by atoms with Crippen molar-refractivity contribution in [3.8, 4) is 0 Å². The zero-order chi connectivity index (χ0) is 20.1. The van der Waals surface area contributed by atoms with Crippen LogP contribution in [0.5, 0.6) is 0 Å². The van der Waals surface area contributed by atoms with E-state index in [1.165, 1.54) is 16.7 Å². The van der Waals surface area contributed by atoms with Gasteiger partial charge < -0.3 is 5.32 Å². The summed E-state index contributed by atoms with van der Waals surface area (Å²) >= 11 is 10.5. The third-order valence-corrected chi connectivity index (χ3v) is 7.00. The number of anilines is 1. The minimum absolute atomic E-state index is 0.0963. The highest BCUT2D eigenvalue weighted by Crippen LogP contribution is 2.45.